The SMILES string of the molecule is N[C@H](Cc1ccccc1)C(=O)N1CCC[C@H]1C(=O)NCc1ccc(Br)o1. The molecular formula is C19H22BrN3O3. The molecule has 2 heterocycles. The molecule has 6 nitrogen and oxygen atoms in total. The van der Waals surface area contributed by atoms with Crippen LogP contribution in [0, 0.1) is 0 Å². The number of benzene rings is 1. The molecule has 2 aromatic rings. The highest BCUT2D eigenvalue weighted by Crippen LogP contribution is 2.20. The van der Waals surface area contributed by atoms with Crippen molar-refractivity contribution in [3.05, 3.63) is 58.5 Å². The van der Waals surface area contributed by atoms with Gasteiger partial charge in [0.05, 0.1) is 12.6 Å². The molecule has 0 spiro atoms. The van der Waals surface area contributed by atoms with Crippen molar-refractivity contribution in [1.82, 2.24) is 10.2 Å². The van der Waals surface area contributed by atoms with Crippen LogP contribution in [0.1, 0.15) is 24.2 Å². The molecule has 2 atom stereocenters. The molecule has 2 amide bonds. The molecule has 0 radical (unpaired) electrons. The first-order valence-electron chi connectivity index (χ1n) is 8.66. The number of furan rings is 1. The lowest BCUT2D eigenvalue weighted by Gasteiger charge is -2.26. The van der Waals surface area contributed by atoms with Crippen LogP contribution in [0.2, 0.25) is 0 Å². The number of hydrogen-bond donors (Lipinski definition) is 2. The van der Waals surface area contributed by atoms with Gasteiger partial charge in [0.1, 0.15) is 11.8 Å². The van der Waals surface area contributed by atoms with Crippen molar-refractivity contribution in [3.8, 4) is 0 Å². The van der Waals surface area contributed by atoms with E-state index in [0.29, 0.717) is 36.4 Å². The summed E-state index contributed by atoms with van der Waals surface area (Å²) in [7, 11) is 0. The lowest BCUT2D eigenvalue weighted by Crippen LogP contribution is -2.51. The van der Waals surface area contributed by atoms with Gasteiger partial charge in [0.15, 0.2) is 4.67 Å². The second kappa shape index (κ2) is 8.51. The minimum absolute atomic E-state index is 0.171. The monoisotopic (exact) mass is 419 g/mol. The largest absolute Gasteiger partial charge is 0.452 e. The predicted octanol–water partition coefficient (Wildman–Crippen LogP) is 2.22. The zero-order valence-electron chi connectivity index (χ0n) is 14.4. The van der Waals surface area contributed by atoms with E-state index in [0.717, 1.165) is 12.0 Å². The summed E-state index contributed by atoms with van der Waals surface area (Å²) in [4.78, 5) is 26.9. The highest BCUT2D eigenvalue weighted by Gasteiger charge is 2.36. The van der Waals surface area contributed by atoms with E-state index in [1.54, 1.807) is 17.0 Å². The van der Waals surface area contributed by atoms with Crippen LogP contribution in [-0.2, 0) is 22.6 Å². The summed E-state index contributed by atoms with van der Waals surface area (Å²) in [6.07, 6.45) is 1.91. The summed E-state index contributed by atoms with van der Waals surface area (Å²) in [6, 6.07) is 12.1. The van der Waals surface area contributed by atoms with Gasteiger partial charge in [0.2, 0.25) is 11.8 Å². The van der Waals surface area contributed by atoms with Crippen LogP contribution in [0.3, 0.4) is 0 Å². The number of carbonyl (C=O) groups is 2. The molecule has 1 fully saturated rings. The Balaban J connectivity index is 1.57. The third-order valence-electron chi connectivity index (χ3n) is 4.52. The number of amides is 2. The molecule has 1 aromatic heterocycles. The van der Waals surface area contributed by atoms with Crippen LogP contribution in [0.25, 0.3) is 0 Å². The van der Waals surface area contributed by atoms with Gasteiger partial charge in [-0.25, -0.2) is 0 Å². The number of nitrogens with one attached hydrogen (secondary N) is 1. The Kier molecular flexibility index (Phi) is 6.11. The van der Waals surface area contributed by atoms with Gasteiger partial charge in [-0.3, -0.25) is 9.59 Å². The second-order valence-electron chi connectivity index (χ2n) is 6.41. The van der Waals surface area contributed by atoms with Gasteiger partial charge >= 0.3 is 0 Å². The Morgan fingerprint density at radius 3 is 2.73 bits per heavy atom. The predicted molar refractivity (Wildman–Crippen MR) is 101 cm³/mol. The lowest BCUT2D eigenvalue weighted by atomic mass is 10.1. The summed E-state index contributed by atoms with van der Waals surface area (Å²) >= 11 is 3.23. The molecule has 1 aliphatic heterocycles. The highest BCUT2D eigenvalue weighted by molar-refractivity contribution is 9.10. The van der Waals surface area contributed by atoms with Gasteiger partial charge in [0.25, 0.3) is 0 Å². The van der Waals surface area contributed by atoms with E-state index < -0.39 is 12.1 Å². The molecule has 26 heavy (non-hydrogen) atoms. The fourth-order valence-electron chi connectivity index (χ4n) is 3.21. The van der Waals surface area contributed by atoms with Gasteiger partial charge in [-0.05, 0) is 52.9 Å². The van der Waals surface area contributed by atoms with Gasteiger partial charge in [-0.2, -0.15) is 0 Å². The van der Waals surface area contributed by atoms with Crippen molar-refractivity contribution in [2.45, 2.75) is 37.9 Å². The normalized spacial score (nSPS) is 17.9. The van der Waals surface area contributed by atoms with Crippen molar-refractivity contribution < 1.29 is 14.0 Å². The van der Waals surface area contributed by atoms with E-state index in [4.69, 9.17) is 10.2 Å². The molecule has 1 saturated heterocycles. The van der Waals surface area contributed by atoms with E-state index in [2.05, 4.69) is 21.2 Å². The highest BCUT2D eigenvalue weighted by atomic mass is 79.9. The van der Waals surface area contributed by atoms with E-state index in [9.17, 15) is 9.59 Å². The van der Waals surface area contributed by atoms with E-state index >= 15 is 0 Å². The molecule has 0 bridgehead atoms. The molecule has 1 aromatic carbocycles. The van der Waals surface area contributed by atoms with Gasteiger partial charge in [-0.15, -0.1) is 0 Å². The number of hydrogen-bond acceptors (Lipinski definition) is 4. The molecule has 7 heteroatoms. The van der Waals surface area contributed by atoms with Crippen LogP contribution < -0.4 is 11.1 Å². The Morgan fingerprint density at radius 1 is 1.27 bits per heavy atom. The average Bonchev–Trinajstić information content (AvgIpc) is 3.29. The number of halogens is 1. The lowest BCUT2D eigenvalue weighted by molar-refractivity contribution is -0.139. The van der Waals surface area contributed by atoms with Crippen LogP contribution in [0.15, 0.2) is 51.6 Å². The number of nitrogens with zero attached hydrogens (tertiary/aromatic N) is 1. The van der Waals surface area contributed by atoms with Crippen LogP contribution in [0.5, 0.6) is 0 Å². The third kappa shape index (κ3) is 4.53. The molecule has 3 rings (SSSR count). The zero-order valence-corrected chi connectivity index (χ0v) is 15.9. The fourth-order valence-corrected chi connectivity index (χ4v) is 3.55. The maximum absolute atomic E-state index is 12.7. The van der Waals surface area contributed by atoms with Crippen molar-refractivity contribution >= 4 is 27.7 Å². The van der Waals surface area contributed by atoms with Crippen molar-refractivity contribution in [3.63, 3.8) is 0 Å². The molecular weight excluding hydrogens is 398 g/mol. The Labute approximate surface area is 160 Å². The molecule has 0 saturated carbocycles. The first kappa shape index (κ1) is 18.7. The summed E-state index contributed by atoms with van der Waals surface area (Å²) in [5, 5.41) is 2.84. The Bertz CT molecular complexity index is 762. The number of rotatable bonds is 6. The maximum atomic E-state index is 12.7. The minimum atomic E-state index is -0.646. The molecule has 3 N–H and O–H groups in total. The fraction of sp³-hybridized carbons (Fsp3) is 0.368. The van der Waals surface area contributed by atoms with Crippen molar-refractivity contribution in [2.75, 3.05) is 6.54 Å². The third-order valence-corrected chi connectivity index (χ3v) is 4.95. The van der Waals surface area contributed by atoms with Crippen LogP contribution >= 0.6 is 15.9 Å². The number of likely N-dealkylation sites (tertiary alicyclic amines) is 1. The van der Waals surface area contributed by atoms with Gasteiger partial charge in [0, 0.05) is 6.54 Å². The standard InChI is InChI=1S/C19H22BrN3O3/c20-17-9-8-14(26-17)12-22-18(24)16-7-4-10-23(16)19(25)15(21)11-13-5-2-1-3-6-13/h1-3,5-6,8-9,15-16H,4,7,10-12,21H2,(H,22,24)/t15-,16+/m1/s1. The molecule has 1 aliphatic rings. The smallest absolute Gasteiger partial charge is 0.243 e. The Hall–Kier alpha value is -2.12. The maximum Gasteiger partial charge on any atom is 0.243 e. The summed E-state index contributed by atoms with van der Waals surface area (Å²) in [5.41, 5.74) is 7.13. The number of nitrogens with two attached hydrogens (primary N) is 1. The van der Waals surface area contributed by atoms with Crippen molar-refractivity contribution in [2.24, 2.45) is 5.73 Å². The summed E-state index contributed by atoms with van der Waals surface area (Å²) in [5.74, 6) is 0.310. The van der Waals surface area contributed by atoms with Crippen LogP contribution in [-0.4, -0.2) is 35.3 Å². The van der Waals surface area contributed by atoms with E-state index in [-0.39, 0.29) is 11.8 Å². The first-order valence-corrected chi connectivity index (χ1v) is 9.46. The van der Waals surface area contributed by atoms with E-state index in [1.165, 1.54) is 0 Å². The zero-order chi connectivity index (χ0) is 18.5. The molecule has 138 valence electrons. The molecule has 0 aliphatic carbocycles. The van der Waals surface area contributed by atoms with Gasteiger partial charge in [-0.1, -0.05) is 30.3 Å². The summed E-state index contributed by atoms with van der Waals surface area (Å²) in [6.45, 7) is 0.852. The first-order chi connectivity index (χ1) is 12.5. The average molecular weight is 420 g/mol. The molecule has 0 unspecified atom stereocenters. The van der Waals surface area contributed by atoms with Crippen molar-refractivity contribution in [1.29, 1.82) is 0 Å². The topological polar surface area (TPSA) is 88.6 Å². The van der Waals surface area contributed by atoms with Gasteiger partial charge < -0.3 is 20.4 Å². The van der Waals surface area contributed by atoms with Crippen LogP contribution in [0.4, 0.5) is 0 Å². The quantitative estimate of drug-likeness (QED) is 0.750. The van der Waals surface area contributed by atoms with E-state index in [1.807, 2.05) is 30.3 Å². The second-order valence-corrected chi connectivity index (χ2v) is 7.19. The number of carbonyl (C=O) groups excluding carboxylic acids is 2. The summed E-state index contributed by atoms with van der Waals surface area (Å²) < 4.78 is 5.99. The minimum Gasteiger partial charge on any atom is -0.452 e. The Morgan fingerprint density at radius 2 is 2.04 bits per heavy atom.